The summed E-state index contributed by atoms with van der Waals surface area (Å²) in [5, 5.41) is 11.8. The lowest BCUT2D eigenvalue weighted by atomic mass is 9.95. The van der Waals surface area contributed by atoms with Crippen LogP contribution >= 0.6 is 0 Å². The van der Waals surface area contributed by atoms with Crippen LogP contribution in [0.2, 0.25) is 0 Å². The Morgan fingerprint density at radius 2 is 2.05 bits per heavy atom. The van der Waals surface area contributed by atoms with Gasteiger partial charge in [0.15, 0.2) is 0 Å². The van der Waals surface area contributed by atoms with Crippen molar-refractivity contribution in [3.8, 4) is 0 Å². The van der Waals surface area contributed by atoms with E-state index in [1.165, 1.54) is 5.56 Å². The van der Waals surface area contributed by atoms with Gasteiger partial charge in [0.05, 0.1) is 13.2 Å². The van der Waals surface area contributed by atoms with Crippen molar-refractivity contribution in [3.63, 3.8) is 0 Å². The lowest BCUT2D eigenvalue weighted by Crippen LogP contribution is -2.83. The smallest absolute Gasteiger partial charge is 0.336 e. The molecule has 0 bridgehead atoms. The highest BCUT2D eigenvalue weighted by Crippen LogP contribution is 2.26. The molecule has 0 unspecified atom stereocenters. The van der Waals surface area contributed by atoms with Gasteiger partial charge in [-0.2, -0.15) is 0 Å². The van der Waals surface area contributed by atoms with Crippen LogP contribution in [0.15, 0.2) is 27.4 Å². The summed E-state index contributed by atoms with van der Waals surface area (Å²) in [5.74, 6) is 0.431. The van der Waals surface area contributed by atoms with Crippen LogP contribution in [0.3, 0.4) is 0 Å². The topological polar surface area (TPSA) is 67.0 Å². The standard InChI is InChI=1S/C16H21NO3/c1-10(2)13-8-14-12(9-17-4-5-18)7-16(19)20-15(14)6-11(13)3/h6-8,10,17-18H,4-5,9H2,1-3H3/p+1. The van der Waals surface area contributed by atoms with Crippen LogP contribution in [0.5, 0.6) is 0 Å². The number of rotatable bonds is 5. The summed E-state index contributed by atoms with van der Waals surface area (Å²) in [5.41, 5.74) is 3.71. The molecule has 4 heteroatoms. The first kappa shape index (κ1) is 14.8. The molecule has 0 aliphatic carbocycles. The van der Waals surface area contributed by atoms with E-state index in [0.717, 1.165) is 16.5 Å². The minimum absolute atomic E-state index is 0.135. The van der Waals surface area contributed by atoms with E-state index in [1.54, 1.807) is 6.07 Å². The van der Waals surface area contributed by atoms with Crippen molar-refractivity contribution in [1.29, 1.82) is 0 Å². The Labute approximate surface area is 118 Å². The third kappa shape index (κ3) is 3.08. The molecular formula is C16H22NO3+. The first-order chi connectivity index (χ1) is 9.52. The molecule has 2 rings (SSSR count). The molecule has 0 aliphatic rings. The van der Waals surface area contributed by atoms with Crippen molar-refractivity contribution in [1.82, 2.24) is 0 Å². The second-order valence-corrected chi connectivity index (χ2v) is 5.46. The summed E-state index contributed by atoms with van der Waals surface area (Å²) in [4.78, 5) is 11.6. The highest BCUT2D eigenvalue weighted by atomic mass is 16.4. The van der Waals surface area contributed by atoms with Gasteiger partial charge in [0.1, 0.15) is 12.1 Å². The quantitative estimate of drug-likeness (QED) is 0.638. The monoisotopic (exact) mass is 276 g/mol. The molecular weight excluding hydrogens is 254 g/mol. The Kier molecular flexibility index (Phi) is 4.57. The Morgan fingerprint density at radius 3 is 2.70 bits per heavy atom. The van der Waals surface area contributed by atoms with Gasteiger partial charge in [-0.05, 0) is 36.1 Å². The van der Waals surface area contributed by atoms with Crippen molar-refractivity contribution >= 4 is 11.0 Å². The second-order valence-electron chi connectivity index (χ2n) is 5.46. The van der Waals surface area contributed by atoms with E-state index in [0.29, 0.717) is 24.6 Å². The van der Waals surface area contributed by atoms with Gasteiger partial charge in [-0.1, -0.05) is 13.8 Å². The first-order valence-electron chi connectivity index (χ1n) is 7.02. The van der Waals surface area contributed by atoms with E-state index < -0.39 is 0 Å². The van der Waals surface area contributed by atoms with Crippen LogP contribution in [-0.4, -0.2) is 18.3 Å². The van der Waals surface area contributed by atoms with E-state index >= 15 is 0 Å². The average molecular weight is 276 g/mol. The largest absolute Gasteiger partial charge is 0.423 e. The molecule has 20 heavy (non-hydrogen) atoms. The van der Waals surface area contributed by atoms with Crippen LogP contribution in [0.4, 0.5) is 0 Å². The zero-order chi connectivity index (χ0) is 14.7. The van der Waals surface area contributed by atoms with Crippen molar-refractivity contribution in [2.45, 2.75) is 33.2 Å². The maximum atomic E-state index is 11.6. The summed E-state index contributed by atoms with van der Waals surface area (Å²) < 4.78 is 5.31. The number of aryl methyl sites for hydroxylation is 1. The fourth-order valence-corrected chi connectivity index (χ4v) is 2.53. The van der Waals surface area contributed by atoms with Gasteiger partial charge in [0.2, 0.25) is 0 Å². The maximum Gasteiger partial charge on any atom is 0.336 e. The fraction of sp³-hybridized carbons (Fsp3) is 0.438. The minimum Gasteiger partial charge on any atom is -0.423 e. The van der Waals surface area contributed by atoms with Gasteiger partial charge in [-0.15, -0.1) is 0 Å². The zero-order valence-corrected chi connectivity index (χ0v) is 12.3. The molecule has 0 aliphatic heterocycles. The molecule has 1 heterocycles. The normalized spacial score (nSPS) is 11.4. The third-order valence-corrected chi connectivity index (χ3v) is 3.54. The fourth-order valence-electron chi connectivity index (χ4n) is 2.53. The molecule has 0 saturated carbocycles. The molecule has 3 N–H and O–H groups in total. The van der Waals surface area contributed by atoms with Gasteiger partial charge < -0.3 is 14.8 Å². The number of aliphatic hydroxyl groups is 1. The minimum atomic E-state index is -0.318. The highest BCUT2D eigenvalue weighted by molar-refractivity contribution is 5.82. The molecule has 0 saturated heterocycles. The second kappa shape index (κ2) is 6.20. The molecule has 0 spiro atoms. The van der Waals surface area contributed by atoms with Gasteiger partial charge in [0, 0.05) is 17.0 Å². The van der Waals surface area contributed by atoms with Gasteiger partial charge in [-0.3, -0.25) is 0 Å². The van der Waals surface area contributed by atoms with Gasteiger partial charge >= 0.3 is 5.63 Å². The molecule has 0 fully saturated rings. The Bertz CT molecular complexity index is 659. The number of hydrogen-bond donors (Lipinski definition) is 2. The van der Waals surface area contributed by atoms with E-state index in [4.69, 9.17) is 9.52 Å². The Hall–Kier alpha value is -1.65. The summed E-state index contributed by atoms with van der Waals surface area (Å²) in [6.45, 7) is 7.79. The number of nitrogens with two attached hydrogens (primary N) is 1. The summed E-state index contributed by atoms with van der Waals surface area (Å²) in [6, 6.07) is 5.62. The lowest BCUT2D eigenvalue weighted by molar-refractivity contribution is -0.671. The van der Waals surface area contributed by atoms with Gasteiger partial charge in [-0.25, -0.2) is 4.79 Å². The predicted molar refractivity (Wildman–Crippen MR) is 78.9 cm³/mol. The molecule has 1 aromatic carbocycles. The van der Waals surface area contributed by atoms with Crippen molar-refractivity contribution in [3.05, 3.63) is 45.3 Å². The van der Waals surface area contributed by atoms with Crippen molar-refractivity contribution in [2.24, 2.45) is 0 Å². The van der Waals surface area contributed by atoms with Crippen LogP contribution in [0.1, 0.15) is 36.5 Å². The van der Waals surface area contributed by atoms with Crippen molar-refractivity contribution in [2.75, 3.05) is 13.2 Å². The van der Waals surface area contributed by atoms with Crippen LogP contribution in [-0.2, 0) is 6.54 Å². The molecule has 2 aromatic rings. The van der Waals surface area contributed by atoms with E-state index in [1.807, 2.05) is 18.3 Å². The zero-order valence-electron chi connectivity index (χ0n) is 12.3. The molecule has 0 atom stereocenters. The molecule has 0 radical (unpaired) electrons. The molecule has 1 aromatic heterocycles. The number of aliphatic hydroxyl groups excluding tert-OH is 1. The summed E-state index contributed by atoms with van der Waals surface area (Å²) in [7, 11) is 0. The van der Waals surface area contributed by atoms with Crippen LogP contribution < -0.4 is 10.9 Å². The van der Waals surface area contributed by atoms with Crippen molar-refractivity contribution < 1.29 is 14.8 Å². The van der Waals surface area contributed by atoms with Gasteiger partial charge in [0.25, 0.3) is 0 Å². The Balaban J connectivity index is 2.54. The molecule has 108 valence electrons. The Morgan fingerprint density at radius 1 is 1.30 bits per heavy atom. The van der Waals surface area contributed by atoms with E-state index in [2.05, 4.69) is 19.9 Å². The maximum absolute atomic E-state index is 11.6. The number of fused-ring (bicyclic) bond motifs is 1. The average Bonchev–Trinajstić information content (AvgIpc) is 2.37. The first-order valence-corrected chi connectivity index (χ1v) is 7.02. The predicted octanol–water partition coefficient (Wildman–Crippen LogP) is 1.28. The lowest BCUT2D eigenvalue weighted by Gasteiger charge is -2.12. The van der Waals surface area contributed by atoms with Crippen LogP contribution in [0, 0.1) is 6.92 Å². The number of quaternary nitrogens is 1. The summed E-state index contributed by atoms with van der Waals surface area (Å²) >= 11 is 0. The van der Waals surface area contributed by atoms with Crippen LogP contribution in [0.25, 0.3) is 11.0 Å². The van der Waals surface area contributed by atoms with E-state index in [9.17, 15) is 4.79 Å². The third-order valence-electron chi connectivity index (χ3n) is 3.54. The van der Waals surface area contributed by atoms with E-state index in [-0.39, 0.29) is 12.2 Å². The SMILES string of the molecule is Cc1cc2oc(=O)cc(C[NH2+]CCO)c2cc1C(C)C. The summed E-state index contributed by atoms with van der Waals surface area (Å²) in [6.07, 6.45) is 0. The molecule has 0 amide bonds. The number of hydrogen-bond acceptors (Lipinski definition) is 3. The number of benzene rings is 1. The molecule has 4 nitrogen and oxygen atoms in total. The highest BCUT2D eigenvalue weighted by Gasteiger charge is 2.12.